The van der Waals surface area contributed by atoms with Crippen molar-refractivity contribution in [1.29, 1.82) is 0 Å². The normalized spacial score (nSPS) is 23.3. The van der Waals surface area contributed by atoms with Gasteiger partial charge in [0, 0.05) is 6.54 Å². The third-order valence-corrected chi connectivity index (χ3v) is 3.38. The summed E-state index contributed by atoms with van der Waals surface area (Å²) in [5.41, 5.74) is -0.805. The van der Waals surface area contributed by atoms with Gasteiger partial charge in [0.2, 0.25) is 0 Å². The molecule has 0 bridgehead atoms. The van der Waals surface area contributed by atoms with Crippen molar-refractivity contribution in [3.63, 3.8) is 0 Å². The van der Waals surface area contributed by atoms with Crippen LogP contribution in [0.15, 0.2) is 0 Å². The molecular weight excluding hydrogens is 204 g/mol. The van der Waals surface area contributed by atoms with E-state index in [1.807, 2.05) is 0 Å². The third-order valence-electron chi connectivity index (χ3n) is 3.38. The van der Waals surface area contributed by atoms with Gasteiger partial charge in [0.25, 0.3) is 0 Å². The maximum absolute atomic E-state index is 10.9. The van der Waals surface area contributed by atoms with Crippen molar-refractivity contribution in [2.45, 2.75) is 38.6 Å². The summed E-state index contributed by atoms with van der Waals surface area (Å²) in [5, 5.41) is 12.1. The summed E-state index contributed by atoms with van der Waals surface area (Å²) < 4.78 is 0. The van der Waals surface area contributed by atoms with Gasteiger partial charge in [-0.25, -0.2) is 0 Å². The van der Waals surface area contributed by atoms with E-state index in [4.69, 9.17) is 5.11 Å². The average molecular weight is 228 g/mol. The van der Waals surface area contributed by atoms with E-state index >= 15 is 0 Å². The molecule has 0 aromatic rings. The Balaban J connectivity index is 2.22. The lowest BCUT2D eigenvalue weighted by Gasteiger charge is -2.30. The predicted octanol–water partition coefficient (Wildman–Crippen LogP) is 1.17. The van der Waals surface area contributed by atoms with E-state index in [1.165, 1.54) is 19.4 Å². The lowest BCUT2D eigenvalue weighted by Crippen LogP contribution is -2.47. The molecule has 1 aliphatic heterocycles. The standard InChI is InChI=1S/C12H24N2O2/c1-12(2,11(15)16)13-7-6-10-5-4-8-14(3)9-10/h10,13H,4-9H2,1-3H3,(H,15,16). The highest BCUT2D eigenvalue weighted by atomic mass is 16.4. The molecule has 0 saturated carbocycles. The molecule has 0 aromatic heterocycles. The van der Waals surface area contributed by atoms with Gasteiger partial charge in [-0.2, -0.15) is 0 Å². The Kier molecular flexibility index (Phi) is 4.74. The summed E-state index contributed by atoms with van der Waals surface area (Å²) in [5.74, 6) is -0.0656. The molecule has 4 heteroatoms. The molecule has 1 aliphatic rings. The summed E-state index contributed by atoms with van der Waals surface area (Å²) in [6, 6.07) is 0. The van der Waals surface area contributed by atoms with Gasteiger partial charge in [-0.05, 0) is 59.2 Å². The Morgan fingerprint density at radius 1 is 1.56 bits per heavy atom. The minimum atomic E-state index is -0.805. The molecule has 0 aromatic carbocycles. The number of aliphatic carboxylic acids is 1. The molecule has 1 heterocycles. The number of rotatable bonds is 5. The zero-order valence-corrected chi connectivity index (χ0v) is 10.6. The van der Waals surface area contributed by atoms with Crippen LogP contribution >= 0.6 is 0 Å². The van der Waals surface area contributed by atoms with Crippen LogP contribution in [-0.2, 0) is 4.79 Å². The maximum Gasteiger partial charge on any atom is 0.323 e. The molecule has 1 saturated heterocycles. The number of piperidine rings is 1. The first-order valence-electron chi connectivity index (χ1n) is 6.09. The molecule has 1 atom stereocenters. The van der Waals surface area contributed by atoms with Crippen LogP contribution < -0.4 is 5.32 Å². The van der Waals surface area contributed by atoms with Crippen LogP contribution in [0.25, 0.3) is 0 Å². The third kappa shape index (κ3) is 4.10. The summed E-state index contributed by atoms with van der Waals surface area (Å²) in [4.78, 5) is 13.2. The van der Waals surface area contributed by atoms with Crippen LogP contribution in [0.3, 0.4) is 0 Å². The number of hydrogen-bond acceptors (Lipinski definition) is 3. The zero-order chi connectivity index (χ0) is 12.2. The Morgan fingerprint density at radius 3 is 2.81 bits per heavy atom. The summed E-state index contributed by atoms with van der Waals surface area (Å²) >= 11 is 0. The van der Waals surface area contributed by atoms with Crippen LogP contribution in [0, 0.1) is 5.92 Å². The van der Waals surface area contributed by atoms with Crippen LogP contribution in [0.2, 0.25) is 0 Å². The van der Waals surface area contributed by atoms with E-state index in [0.717, 1.165) is 25.4 Å². The Labute approximate surface area is 98.0 Å². The Hall–Kier alpha value is -0.610. The van der Waals surface area contributed by atoms with Crippen molar-refractivity contribution >= 4 is 5.97 Å². The van der Waals surface area contributed by atoms with Gasteiger partial charge in [0.05, 0.1) is 0 Å². The number of likely N-dealkylation sites (tertiary alicyclic amines) is 1. The van der Waals surface area contributed by atoms with E-state index in [-0.39, 0.29) is 0 Å². The second-order valence-electron chi connectivity index (χ2n) is 5.42. The van der Waals surface area contributed by atoms with Crippen LogP contribution in [0.1, 0.15) is 33.1 Å². The Morgan fingerprint density at radius 2 is 2.25 bits per heavy atom. The molecule has 0 spiro atoms. The van der Waals surface area contributed by atoms with Gasteiger partial charge in [-0.1, -0.05) is 0 Å². The van der Waals surface area contributed by atoms with E-state index in [2.05, 4.69) is 17.3 Å². The lowest BCUT2D eigenvalue weighted by atomic mass is 9.94. The minimum Gasteiger partial charge on any atom is -0.480 e. The molecule has 2 N–H and O–H groups in total. The SMILES string of the molecule is CN1CCCC(CCNC(C)(C)C(=O)O)C1. The van der Waals surface area contributed by atoms with Crippen molar-refractivity contribution in [3.05, 3.63) is 0 Å². The number of carboxylic acids is 1. The predicted molar refractivity (Wildman–Crippen MR) is 64.6 cm³/mol. The number of hydrogen-bond donors (Lipinski definition) is 2. The fraction of sp³-hybridized carbons (Fsp3) is 0.917. The highest BCUT2D eigenvalue weighted by Gasteiger charge is 2.26. The van der Waals surface area contributed by atoms with Gasteiger partial charge in [-0.3, -0.25) is 4.79 Å². The van der Waals surface area contributed by atoms with Gasteiger partial charge in [0.15, 0.2) is 0 Å². The Bertz CT molecular complexity index is 241. The average Bonchev–Trinajstić information content (AvgIpc) is 2.17. The number of carbonyl (C=O) groups is 1. The van der Waals surface area contributed by atoms with Crippen molar-refractivity contribution < 1.29 is 9.90 Å². The maximum atomic E-state index is 10.9. The summed E-state index contributed by atoms with van der Waals surface area (Å²) in [7, 11) is 2.15. The second-order valence-corrected chi connectivity index (χ2v) is 5.42. The van der Waals surface area contributed by atoms with Crippen molar-refractivity contribution in [1.82, 2.24) is 10.2 Å². The number of nitrogens with one attached hydrogen (secondary N) is 1. The van der Waals surface area contributed by atoms with E-state index in [1.54, 1.807) is 13.8 Å². The molecule has 1 rings (SSSR count). The number of nitrogens with zero attached hydrogens (tertiary/aromatic N) is 1. The fourth-order valence-electron chi connectivity index (χ4n) is 2.17. The van der Waals surface area contributed by atoms with E-state index in [0.29, 0.717) is 0 Å². The largest absolute Gasteiger partial charge is 0.480 e. The van der Waals surface area contributed by atoms with Gasteiger partial charge < -0.3 is 15.3 Å². The first-order valence-corrected chi connectivity index (χ1v) is 6.09. The molecule has 4 nitrogen and oxygen atoms in total. The smallest absolute Gasteiger partial charge is 0.323 e. The molecule has 0 aliphatic carbocycles. The van der Waals surface area contributed by atoms with Crippen LogP contribution in [0.4, 0.5) is 0 Å². The molecular formula is C12H24N2O2. The monoisotopic (exact) mass is 228 g/mol. The first kappa shape index (κ1) is 13.5. The highest BCUT2D eigenvalue weighted by Crippen LogP contribution is 2.18. The second kappa shape index (κ2) is 5.64. The number of carboxylic acid groups (broad SMARTS) is 1. The van der Waals surface area contributed by atoms with Crippen LogP contribution in [-0.4, -0.2) is 48.2 Å². The van der Waals surface area contributed by atoms with Crippen molar-refractivity contribution in [2.24, 2.45) is 5.92 Å². The van der Waals surface area contributed by atoms with Gasteiger partial charge >= 0.3 is 5.97 Å². The molecule has 94 valence electrons. The minimum absolute atomic E-state index is 0.718. The quantitative estimate of drug-likeness (QED) is 0.741. The van der Waals surface area contributed by atoms with Crippen molar-refractivity contribution in [2.75, 3.05) is 26.7 Å². The van der Waals surface area contributed by atoms with Gasteiger partial charge in [0.1, 0.15) is 5.54 Å². The molecule has 0 radical (unpaired) electrons. The topological polar surface area (TPSA) is 52.6 Å². The summed E-state index contributed by atoms with van der Waals surface area (Å²) in [6.45, 7) is 6.56. The van der Waals surface area contributed by atoms with Crippen LogP contribution in [0.5, 0.6) is 0 Å². The zero-order valence-electron chi connectivity index (χ0n) is 10.6. The molecule has 1 fully saturated rings. The molecule has 1 unspecified atom stereocenters. The summed E-state index contributed by atoms with van der Waals surface area (Å²) in [6.07, 6.45) is 3.62. The fourth-order valence-corrected chi connectivity index (χ4v) is 2.17. The van der Waals surface area contributed by atoms with E-state index < -0.39 is 11.5 Å². The highest BCUT2D eigenvalue weighted by molar-refractivity contribution is 5.77. The lowest BCUT2D eigenvalue weighted by molar-refractivity contribution is -0.143. The first-order chi connectivity index (χ1) is 7.42. The molecule has 0 amide bonds. The van der Waals surface area contributed by atoms with Crippen molar-refractivity contribution in [3.8, 4) is 0 Å². The molecule has 16 heavy (non-hydrogen) atoms. The van der Waals surface area contributed by atoms with Gasteiger partial charge in [-0.15, -0.1) is 0 Å². The van der Waals surface area contributed by atoms with E-state index in [9.17, 15) is 4.79 Å².